The Hall–Kier alpha value is -4.08. The van der Waals surface area contributed by atoms with Crippen LogP contribution in [0.3, 0.4) is 0 Å². The number of thiazole rings is 1. The largest absolute Gasteiger partial charge is 0.449 e. The average molecular weight is 466 g/mol. The molecule has 0 aliphatic heterocycles. The monoisotopic (exact) mass is 465 g/mol. The molecule has 1 aromatic heterocycles. The number of hydrogen-bond acceptors (Lipinski definition) is 5. The van der Waals surface area contributed by atoms with Crippen molar-refractivity contribution in [3.63, 3.8) is 0 Å². The third kappa shape index (κ3) is 4.39. The molecule has 0 atom stereocenters. The van der Waals surface area contributed by atoms with E-state index in [0.29, 0.717) is 5.13 Å². The lowest BCUT2D eigenvalue weighted by Crippen LogP contribution is -2.26. The molecular weight excluding hydrogens is 442 g/mol. The molecule has 6 heteroatoms. The number of nitrogens with one attached hydrogen (secondary N) is 1. The summed E-state index contributed by atoms with van der Waals surface area (Å²) in [4.78, 5) is 17.7. The molecule has 0 bridgehead atoms. The summed E-state index contributed by atoms with van der Waals surface area (Å²) in [5.74, 6) is 6.07. The van der Waals surface area contributed by atoms with Gasteiger partial charge in [-0.15, -0.1) is 11.3 Å². The van der Waals surface area contributed by atoms with Gasteiger partial charge in [0.05, 0.1) is 12.2 Å². The Balaban J connectivity index is 1.15. The number of aromatic nitrogens is 1. The van der Waals surface area contributed by atoms with Gasteiger partial charge in [0.15, 0.2) is 5.13 Å². The number of anilines is 1. The molecule has 1 aliphatic rings. The molecule has 168 valence electrons. The number of aryl methyl sites for hydroxylation is 1. The lowest BCUT2D eigenvalue weighted by Gasteiger charge is -2.14. The Morgan fingerprint density at radius 1 is 1.03 bits per heavy atom. The Kier molecular flexibility index (Phi) is 6.03. The van der Waals surface area contributed by atoms with Gasteiger partial charge in [0, 0.05) is 21.9 Å². The highest BCUT2D eigenvalue weighted by molar-refractivity contribution is 7.15. The van der Waals surface area contributed by atoms with Crippen LogP contribution in [0.25, 0.3) is 22.4 Å². The van der Waals surface area contributed by atoms with Crippen LogP contribution in [0.2, 0.25) is 0 Å². The van der Waals surface area contributed by atoms with Crippen LogP contribution in [0.15, 0.2) is 72.8 Å². The third-order valence-corrected chi connectivity index (χ3v) is 6.67. The Bertz CT molecular complexity index is 1370. The van der Waals surface area contributed by atoms with E-state index in [1.807, 2.05) is 55.5 Å². The smallest absolute Gasteiger partial charge is 0.407 e. The van der Waals surface area contributed by atoms with E-state index in [2.05, 4.69) is 46.4 Å². The van der Waals surface area contributed by atoms with Gasteiger partial charge in [0.2, 0.25) is 0 Å². The molecule has 5 nitrogen and oxygen atoms in total. The maximum absolute atomic E-state index is 12.3. The molecule has 4 aromatic rings. The van der Waals surface area contributed by atoms with Crippen LogP contribution >= 0.6 is 11.3 Å². The number of carbonyl (C=O) groups excluding carboxylic acids is 1. The van der Waals surface area contributed by atoms with E-state index in [9.17, 15) is 4.79 Å². The Morgan fingerprint density at radius 2 is 1.68 bits per heavy atom. The molecule has 3 N–H and O–H groups in total. The van der Waals surface area contributed by atoms with E-state index in [-0.39, 0.29) is 19.1 Å². The zero-order valence-corrected chi connectivity index (χ0v) is 19.5. The van der Waals surface area contributed by atoms with Crippen LogP contribution in [-0.4, -0.2) is 24.2 Å². The average Bonchev–Trinajstić information content (AvgIpc) is 3.37. The second-order valence-electron chi connectivity index (χ2n) is 8.02. The first-order valence-corrected chi connectivity index (χ1v) is 11.8. The van der Waals surface area contributed by atoms with Gasteiger partial charge in [-0.3, -0.25) is 0 Å². The normalized spacial score (nSPS) is 11.8. The van der Waals surface area contributed by atoms with Gasteiger partial charge in [0.25, 0.3) is 0 Å². The van der Waals surface area contributed by atoms with Crippen molar-refractivity contribution in [2.24, 2.45) is 0 Å². The third-order valence-electron chi connectivity index (χ3n) is 5.87. The predicted octanol–water partition coefficient (Wildman–Crippen LogP) is 5.59. The summed E-state index contributed by atoms with van der Waals surface area (Å²) < 4.78 is 5.54. The van der Waals surface area contributed by atoms with Crippen molar-refractivity contribution < 1.29 is 9.53 Å². The zero-order chi connectivity index (χ0) is 23.5. The SMILES string of the molecule is Cc1sc(N)nc1-c1ccc(C#CCNC(=O)OCC2c3ccccc3-c3ccccc32)cc1. The molecule has 0 saturated carbocycles. The van der Waals surface area contributed by atoms with E-state index in [0.717, 1.165) is 21.7 Å². The van der Waals surface area contributed by atoms with Gasteiger partial charge >= 0.3 is 6.09 Å². The first kappa shape index (κ1) is 21.7. The molecule has 0 unspecified atom stereocenters. The zero-order valence-electron chi connectivity index (χ0n) is 18.7. The number of nitrogen functional groups attached to an aromatic ring is 1. The maximum atomic E-state index is 12.3. The minimum absolute atomic E-state index is 0.0412. The van der Waals surface area contributed by atoms with Gasteiger partial charge < -0.3 is 15.8 Å². The van der Waals surface area contributed by atoms with Gasteiger partial charge in [0.1, 0.15) is 6.61 Å². The van der Waals surface area contributed by atoms with Crippen molar-refractivity contribution in [2.45, 2.75) is 12.8 Å². The summed E-state index contributed by atoms with van der Waals surface area (Å²) in [7, 11) is 0. The number of ether oxygens (including phenoxy) is 1. The molecule has 1 amide bonds. The number of amides is 1. The second kappa shape index (κ2) is 9.42. The fraction of sp³-hybridized carbons (Fsp3) is 0.143. The molecule has 34 heavy (non-hydrogen) atoms. The second-order valence-corrected chi connectivity index (χ2v) is 9.25. The summed E-state index contributed by atoms with van der Waals surface area (Å²) in [6.07, 6.45) is -0.469. The van der Waals surface area contributed by atoms with Crippen LogP contribution in [0, 0.1) is 18.8 Å². The van der Waals surface area contributed by atoms with E-state index >= 15 is 0 Å². The van der Waals surface area contributed by atoms with Crippen molar-refractivity contribution in [1.29, 1.82) is 0 Å². The lowest BCUT2D eigenvalue weighted by molar-refractivity contribution is 0.144. The molecule has 1 heterocycles. The molecule has 0 fully saturated rings. The van der Waals surface area contributed by atoms with Crippen molar-refractivity contribution in [1.82, 2.24) is 10.3 Å². The number of carbonyl (C=O) groups is 1. The first-order valence-electron chi connectivity index (χ1n) is 11.0. The molecular formula is C28H23N3O2S. The fourth-order valence-electron chi connectivity index (χ4n) is 4.31. The molecule has 0 spiro atoms. The summed E-state index contributed by atoms with van der Waals surface area (Å²) >= 11 is 1.48. The van der Waals surface area contributed by atoms with Crippen molar-refractivity contribution >= 4 is 22.6 Å². The van der Waals surface area contributed by atoms with Crippen LogP contribution < -0.4 is 11.1 Å². The maximum Gasteiger partial charge on any atom is 0.407 e. The minimum atomic E-state index is -0.469. The first-order chi connectivity index (χ1) is 16.6. The number of fused-ring (bicyclic) bond motifs is 3. The summed E-state index contributed by atoms with van der Waals surface area (Å²) in [5, 5.41) is 3.28. The molecule has 3 aromatic carbocycles. The van der Waals surface area contributed by atoms with Crippen molar-refractivity contribution in [3.05, 3.63) is 94.4 Å². The number of alkyl carbamates (subject to hydrolysis) is 1. The minimum Gasteiger partial charge on any atom is -0.449 e. The fourth-order valence-corrected chi connectivity index (χ4v) is 5.02. The highest BCUT2D eigenvalue weighted by Gasteiger charge is 2.28. The topological polar surface area (TPSA) is 77.2 Å². The van der Waals surface area contributed by atoms with Crippen LogP contribution in [0.4, 0.5) is 9.93 Å². The Morgan fingerprint density at radius 3 is 2.29 bits per heavy atom. The molecule has 1 aliphatic carbocycles. The number of hydrogen-bond donors (Lipinski definition) is 2. The highest BCUT2D eigenvalue weighted by Crippen LogP contribution is 2.44. The van der Waals surface area contributed by atoms with Crippen molar-refractivity contribution in [3.8, 4) is 34.2 Å². The van der Waals surface area contributed by atoms with Gasteiger partial charge in [-0.2, -0.15) is 0 Å². The number of rotatable bonds is 4. The van der Waals surface area contributed by atoms with Gasteiger partial charge in [-0.05, 0) is 41.3 Å². The highest BCUT2D eigenvalue weighted by atomic mass is 32.1. The standard InChI is InChI=1S/C28H23N3O2S/c1-18-26(31-27(29)34-18)20-14-12-19(13-15-20)7-6-16-30-28(32)33-17-25-23-10-4-2-8-21(23)22-9-3-5-11-24(22)25/h2-5,8-15,25H,16-17H2,1H3,(H2,29,31)(H,30,32). The molecule has 0 saturated heterocycles. The van der Waals surface area contributed by atoms with E-state index < -0.39 is 6.09 Å². The number of nitrogens with zero attached hydrogens (tertiary/aromatic N) is 1. The van der Waals surface area contributed by atoms with Gasteiger partial charge in [-0.25, -0.2) is 9.78 Å². The molecule has 0 radical (unpaired) electrons. The van der Waals surface area contributed by atoms with Crippen LogP contribution in [-0.2, 0) is 4.74 Å². The van der Waals surface area contributed by atoms with E-state index in [1.54, 1.807) is 0 Å². The van der Waals surface area contributed by atoms with E-state index in [4.69, 9.17) is 10.5 Å². The van der Waals surface area contributed by atoms with Crippen LogP contribution in [0.5, 0.6) is 0 Å². The number of benzene rings is 3. The summed E-state index contributed by atoms with van der Waals surface area (Å²) in [5.41, 5.74) is 13.4. The summed E-state index contributed by atoms with van der Waals surface area (Å²) in [6.45, 7) is 2.50. The Labute approximate surface area is 202 Å². The quantitative estimate of drug-likeness (QED) is 0.385. The number of nitrogens with two attached hydrogens (primary N) is 1. The van der Waals surface area contributed by atoms with Crippen LogP contribution in [0.1, 0.15) is 27.5 Å². The van der Waals surface area contributed by atoms with E-state index in [1.165, 1.54) is 33.6 Å². The predicted molar refractivity (Wildman–Crippen MR) is 137 cm³/mol. The van der Waals surface area contributed by atoms with Crippen molar-refractivity contribution in [2.75, 3.05) is 18.9 Å². The lowest BCUT2D eigenvalue weighted by atomic mass is 9.98. The van der Waals surface area contributed by atoms with Gasteiger partial charge in [-0.1, -0.05) is 72.5 Å². The summed E-state index contributed by atoms with van der Waals surface area (Å²) in [6, 6.07) is 24.4. The molecule has 5 rings (SSSR count).